The predicted molar refractivity (Wildman–Crippen MR) is 76.4 cm³/mol. The van der Waals surface area contributed by atoms with E-state index >= 15 is 0 Å². The molecule has 0 radical (unpaired) electrons. The summed E-state index contributed by atoms with van der Waals surface area (Å²) in [6.07, 6.45) is 2.10. The minimum atomic E-state index is -0.263. The van der Waals surface area contributed by atoms with Crippen molar-refractivity contribution >= 4 is 5.91 Å². The lowest BCUT2D eigenvalue weighted by Gasteiger charge is -2.52. The molecule has 1 heterocycles. The molecule has 4 atom stereocenters. The molecule has 4 unspecified atom stereocenters. The lowest BCUT2D eigenvalue weighted by molar-refractivity contribution is -0.117. The molecule has 1 saturated carbocycles. The van der Waals surface area contributed by atoms with E-state index in [9.17, 15) is 9.90 Å². The highest BCUT2D eigenvalue weighted by molar-refractivity contribution is 5.95. The molecule has 2 aliphatic rings. The summed E-state index contributed by atoms with van der Waals surface area (Å²) in [5.74, 6) is 0.353. The minimum Gasteiger partial charge on any atom is -0.504 e. The van der Waals surface area contributed by atoms with Crippen LogP contribution in [-0.2, 0) is 4.74 Å². The molecule has 1 saturated heterocycles. The highest BCUT2D eigenvalue weighted by atomic mass is 16.5. The van der Waals surface area contributed by atoms with E-state index in [1.807, 2.05) is 0 Å². The molecule has 1 amide bonds. The molecule has 0 spiro atoms. The number of ether oxygens (including phenoxy) is 2. The van der Waals surface area contributed by atoms with Gasteiger partial charge in [0.2, 0.25) is 0 Å². The van der Waals surface area contributed by atoms with Gasteiger partial charge in [-0.25, -0.2) is 0 Å². The lowest BCUT2D eigenvalue weighted by atomic mass is 9.68. The van der Waals surface area contributed by atoms with Crippen molar-refractivity contribution in [3.05, 3.63) is 23.8 Å². The number of nitrogens with one attached hydrogen (secondary N) is 1. The molecule has 4 N–H and O–H groups in total. The van der Waals surface area contributed by atoms with E-state index in [1.54, 1.807) is 12.1 Å². The number of amides is 1. The second-order valence-electron chi connectivity index (χ2n) is 5.60. The number of hydrogen-bond acceptors (Lipinski definition) is 5. The average molecular weight is 292 g/mol. The zero-order chi connectivity index (χ0) is 15.0. The molecule has 114 valence electrons. The smallest absolute Gasteiger partial charge is 0.251 e. The molecule has 1 aliphatic carbocycles. The van der Waals surface area contributed by atoms with Gasteiger partial charge in [0.1, 0.15) is 0 Å². The van der Waals surface area contributed by atoms with Gasteiger partial charge in [-0.2, -0.15) is 0 Å². The Hall–Kier alpha value is -1.79. The van der Waals surface area contributed by atoms with E-state index < -0.39 is 0 Å². The van der Waals surface area contributed by atoms with Gasteiger partial charge in [0.25, 0.3) is 5.91 Å². The minimum absolute atomic E-state index is 0.0181. The zero-order valence-electron chi connectivity index (χ0n) is 11.9. The van der Waals surface area contributed by atoms with Gasteiger partial charge in [-0.3, -0.25) is 4.79 Å². The Morgan fingerprint density at radius 2 is 2.33 bits per heavy atom. The third kappa shape index (κ3) is 2.45. The van der Waals surface area contributed by atoms with Crippen molar-refractivity contribution in [2.75, 3.05) is 13.7 Å². The second kappa shape index (κ2) is 5.54. The molecule has 1 aliphatic heterocycles. The first-order chi connectivity index (χ1) is 10.1. The zero-order valence-corrected chi connectivity index (χ0v) is 11.9. The van der Waals surface area contributed by atoms with Gasteiger partial charge in [0.05, 0.1) is 19.3 Å². The van der Waals surface area contributed by atoms with E-state index in [0.717, 1.165) is 19.4 Å². The van der Waals surface area contributed by atoms with Gasteiger partial charge in [-0.15, -0.1) is 0 Å². The van der Waals surface area contributed by atoms with Crippen LogP contribution in [-0.4, -0.2) is 42.9 Å². The van der Waals surface area contributed by atoms with Crippen molar-refractivity contribution in [2.45, 2.75) is 31.0 Å². The summed E-state index contributed by atoms with van der Waals surface area (Å²) in [4.78, 5) is 12.2. The van der Waals surface area contributed by atoms with Crippen LogP contribution >= 0.6 is 0 Å². The van der Waals surface area contributed by atoms with Gasteiger partial charge in [0.15, 0.2) is 11.5 Å². The van der Waals surface area contributed by atoms with Crippen molar-refractivity contribution in [3.8, 4) is 11.5 Å². The molecular weight excluding hydrogens is 272 g/mol. The largest absolute Gasteiger partial charge is 0.504 e. The Kier molecular flexibility index (Phi) is 3.73. The van der Waals surface area contributed by atoms with Crippen molar-refractivity contribution in [3.63, 3.8) is 0 Å². The van der Waals surface area contributed by atoms with Crippen LogP contribution in [0.5, 0.6) is 11.5 Å². The molecule has 1 aromatic rings. The average Bonchev–Trinajstić information content (AvgIpc) is 2.51. The summed E-state index contributed by atoms with van der Waals surface area (Å²) in [7, 11) is 1.46. The maximum absolute atomic E-state index is 12.2. The fourth-order valence-electron chi connectivity index (χ4n) is 3.19. The summed E-state index contributed by atoms with van der Waals surface area (Å²) in [6, 6.07) is 4.33. The number of benzene rings is 1. The molecule has 0 aromatic heterocycles. The van der Waals surface area contributed by atoms with E-state index in [2.05, 4.69) is 5.32 Å². The lowest BCUT2D eigenvalue weighted by Crippen LogP contribution is -2.72. The van der Waals surface area contributed by atoms with Gasteiger partial charge < -0.3 is 25.6 Å². The number of fused-ring (bicyclic) bond motifs is 1. The van der Waals surface area contributed by atoms with Crippen LogP contribution in [0, 0.1) is 5.92 Å². The Bertz CT molecular complexity index is 548. The second-order valence-corrected chi connectivity index (χ2v) is 5.60. The Labute approximate surface area is 123 Å². The quantitative estimate of drug-likeness (QED) is 0.760. The molecule has 1 aromatic carbocycles. The van der Waals surface area contributed by atoms with Crippen LogP contribution in [0.15, 0.2) is 18.2 Å². The Balaban J connectivity index is 1.68. The molecule has 6 nitrogen and oxygen atoms in total. The highest BCUT2D eigenvalue weighted by Gasteiger charge is 2.51. The van der Waals surface area contributed by atoms with Crippen LogP contribution in [0.25, 0.3) is 0 Å². The first kappa shape index (κ1) is 14.2. The number of carbonyl (C=O) groups excluding carboxylic acids is 1. The normalized spacial score (nSPS) is 31.0. The van der Waals surface area contributed by atoms with Crippen LogP contribution in [0.1, 0.15) is 23.2 Å². The molecule has 6 heteroatoms. The van der Waals surface area contributed by atoms with Crippen molar-refractivity contribution in [2.24, 2.45) is 11.7 Å². The fourth-order valence-corrected chi connectivity index (χ4v) is 3.19. The SMILES string of the molecule is COc1ccc(C(=O)NC2C(N)C3CCCOC32)cc1O. The molecule has 21 heavy (non-hydrogen) atoms. The summed E-state index contributed by atoms with van der Waals surface area (Å²) in [5, 5.41) is 12.6. The Morgan fingerprint density at radius 1 is 1.52 bits per heavy atom. The topological polar surface area (TPSA) is 93.8 Å². The van der Waals surface area contributed by atoms with Crippen molar-refractivity contribution < 1.29 is 19.4 Å². The third-order valence-electron chi connectivity index (χ3n) is 4.42. The molecular formula is C15H20N2O4. The van der Waals surface area contributed by atoms with Gasteiger partial charge in [0, 0.05) is 24.1 Å². The maximum atomic E-state index is 12.2. The number of hydrogen-bond donors (Lipinski definition) is 3. The molecule has 0 bridgehead atoms. The Morgan fingerprint density at radius 3 is 3.05 bits per heavy atom. The molecule has 3 rings (SSSR count). The standard InChI is InChI=1S/C15H20N2O4/c1-20-11-5-4-8(7-10(11)18)15(19)17-13-12(16)9-3-2-6-21-14(9)13/h4-5,7,9,12-14,18H,2-3,6,16H2,1H3,(H,17,19). The predicted octanol–water partition coefficient (Wildman–Crippen LogP) is 0.635. The number of phenols is 1. The number of nitrogens with two attached hydrogens (primary N) is 1. The monoisotopic (exact) mass is 292 g/mol. The first-order valence-corrected chi connectivity index (χ1v) is 7.17. The third-order valence-corrected chi connectivity index (χ3v) is 4.42. The summed E-state index contributed by atoms with van der Waals surface area (Å²) in [5.41, 5.74) is 6.49. The number of carbonyl (C=O) groups is 1. The first-order valence-electron chi connectivity index (χ1n) is 7.17. The highest BCUT2D eigenvalue weighted by Crippen LogP contribution is 2.37. The van der Waals surface area contributed by atoms with Gasteiger partial charge >= 0.3 is 0 Å². The van der Waals surface area contributed by atoms with Crippen LogP contribution in [0.3, 0.4) is 0 Å². The maximum Gasteiger partial charge on any atom is 0.251 e. The van der Waals surface area contributed by atoms with E-state index in [-0.39, 0.29) is 29.8 Å². The van der Waals surface area contributed by atoms with E-state index in [4.69, 9.17) is 15.2 Å². The molecule has 2 fully saturated rings. The van der Waals surface area contributed by atoms with E-state index in [0.29, 0.717) is 17.2 Å². The summed E-state index contributed by atoms with van der Waals surface area (Å²) >= 11 is 0. The van der Waals surface area contributed by atoms with Gasteiger partial charge in [-0.1, -0.05) is 0 Å². The van der Waals surface area contributed by atoms with Crippen molar-refractivity contribution in [1.29, 1.82) is 0 Å². The fraction of sp³-hybridized carbons (Fsp3) is 0.533. The summed E-state index contributed by atoms with van der Waals surface area (Å²) in [6.45, 7) is 0.726. The van der Waals surface area contributed by atoms with Crippen molar-refractivity contribution in [1.82, 2.24) is 5.32 Å². The van der Waals surface area contributed by atoms with Gasteiger partial charge in [-0.05, 0) is 31.0 Å². The number of methoxy groups -OCH3 is 1. The van der Waals surface area contributed by atoms with E-state index in [1.165, 1.54) is 13.2 Å². The number of rotatable bonds is 3. The van der Waals surface area contributed by atoms with Crippen LogP contribution < -0.4 is 15.8 Å². The summed E-state index contributed by atoms with van der Waals surface area (Å²) < 4.78 is 10.7. The van der Waals surface area contributed by atoms with Crippen LogP contribution in [0.2, 0.25) is 0 Å². The van der Waals surface area contributed by atoms with Crippen LogP contribution in [0.4, 0.5) is 0 Å². The number of aromatic hydroxyl groups is 1. The number of phenolic OH excluding ortho intramolecular Hbond substituents is 1.